The molecule has 0 unspecified atom stereocenters. The molecular weight excluding hydrogens is 472 g/mol. The second-order valence-corrected chi connectivity index (χ2v) is 10.1. The molecule has 4 aromatic rings. The number of nitrogens with zero attached hydrogens (tertiary/aromatic N) is 4. The van der Waals surface area contributed by atoms with E-state index in [2.05, 4.69) is 55.8 Å². The molecular formula is C27H26N6O2S. The third kappa shape index (κ3) is 4.41. The number of benzene rings is 2. The van der Waals surface area contributed by atoms with E-state index in [0.717, 1.165) is 28.2 Å². The van der Waals surface area contributed by atoms with Crippen LogP contribution in [0.2, 0.25) is 0 Å². The van der Waals surface area contributed by atoms with Gasteiger partial charge in [-0.15, -0.1) is 0 Å². The number of fused-ring (bicyclic) bond motifs is 2. The van der Waals surface area contributed by atoms with Crippen LogP contribution in [0.3, 0.4) is 0 Å². The Kier molecular flexibility index (Phi) is 6.05. The molecule has 0 spiro atoms. The highest BCUT2D eigenvalue weighted by Gasteiger charge is 2.22. The molecule has 0 amide bonds. The topological polar surface area (TPSA) is 95.3 Å². The Bertz CT molecular complexity index is 1450. The van der Waals surface area contributed by atoms with Crippen molar-refractivity contribution in [3.05, 3.63) is 59.3 Å². The number of nitrogens with one attached hydrogen (secondary N) is 2. The summed E-state index contributed by atoms with van der Waals surface area (Å²) in [5.41, 5.74) is 5.73. The third-order valence-electron chi connectivity index (χ3n) is 6.60. The van der Waals surface area contributed by atoms with Crippen molar-refractivity contribution in [1.82, 2.24) is 14.9 Å². The summed E-state index contributed by atoms with van der Waals surface area (Å²) in [6.45, 7) is 5.53. The first-order valence-corrected chi connectivity index (χ1v) is 12.9. The van der Waals surface area contributed by atoms with Crippen LogP contribution in [0.4, 0.5) is 22.2 Å². The fraction of sp³-hybridized carbons (Fsp3) is 0.296. The Morgan fingerprint density at radius 2 is 1.86 bits per heavy atom. The molecule has 0 bridgehead atoms. The molecule has 1 saturated heterocycles. The molecule has 36 heavy (non-hydrogen) atoms. The minimum atomic E-state index is 0.176. The fourth-order valence-electron chi connectivity index (χ4n) is 4.68. The molecule has 4 heterocycles. The van der Waals surface area contributed by atoms with Crippen molar-refractivity contribution in [3.63, 3.8) is 0 Å². The summed E-state index contributed by atoms with van der Waals surface area (Å²) in [5, 5.41) is 17.3. The number of pyridine rings is 1. The van der Waals surface area contributed by atoms with Gasteiger partial charge in [0.05, 0.1) is 16.9 Å². The number of thiazole rings is 1. The standard InChI is InChI=1S/C27H26N6O2S/c1-17-5-10-21-24(35-16-34-21)22(17)31-23-19(13-28)14-29-26-25(23)36-27(32-26)30-20-8-6-18(7-9-20)15-33-11-3-2-4-12-33/h5-10,14H,2-4,11-12,15-16H2,1H3,(H2,29,30,31,32). The van der Waals surface area contributed by atoms with Crippen LogP contribution >= 0.6 is 11.3 Å². The summed E-state index contributed by atoms with van der Waals surface area (Å²) in [7, 11) is 0. The Balaban J connectivity index is 1.26. The van der Waals surface area contributed by atoms with Gasteiger partial charge in [0.2, 0.25) is 6.79 Å². The highest BCUT2D eigenvalue weighted by molar-refractivity contribution is 7.22. The highest BCUT2D eigenvalue weighted by atomic mass is 32.1. The maximum atomic E-state index is 9.78. The third-order valence-corrected chi connectivity index (χ3v) is 7.58. The zero-order chi connectivity index (χ0) is 24.5. The second-order valence-electron chi connectivity index (χ2n) is 9.11. The van der Waals surface area contributed by atoms with E-state index in [1.165, 1.54) is 49.3 Å². The van der Waals surface area contributed by atoms with Gasteiger partial charge in [-0.2, -0.15) is 10.2 Å². The Hall–Kier alpha value is -3.87. The van der Waals surface area contributed by atoms with Gasteiger partial charge in [0.1, 0.15) is 10.8 Å². The van der Waals surface area contributed by atoms with Crippen LogP contribution in [-0.2, 0) is 6.54 Å². The highest BCUT2D eigenvalue weighted by Crippen LogP contribution is 2.44. The maximum absolute atomic E-state index is 9.78. The van der Waals surface area contributed by atoms with Crippen molar-refractivity contribution in [3.8, 4) is 17.6 Å². The van der Waals surface area contributed by atoms with Gasteiger partial charge in [0, 0.05) is 18.4 Å². The molecule has 2 N–H and O–H groups in total. The van der Waals surface area contributed by atoms with E-state index in [9.17, 15) is 5.26 Å². The first-order valence-electron chi connectivity index (χ1n) is 12.1. The average Bonchev–Trinajstić information content (AvgIpc) is 3.54. The number of ether oxygens (including phenoxy) is 2. The number of aromatic nitrogens is 2. The van der Waals surface area contributed by atoms with E-state index in [1.54, 1.807) is 6.20 Å². The fourth-order valence-corrected chi connectivity index (χ4v) is 5.63. The summed E-state index contributed by atoms with van der Waals surface area (Å²) in [5.74, 6) is 1.33. The lowest BCUT2D eigenvalue weighted by Gasteiger charge is -2.26. The number of nitriles is 1. The van der Waals surface area contributed by atoms with Crippen molar-refractivity contribution in [1.29, 1.82) is 5.26 Å². The predicted octanol–water partition coefficient (Wildman–Crippen LogP) is 6.07. The van der Waals surface area contributed by atoms with E-state index >= 15 is 0 Å². The smallest absolute Gasteiger partial charge is 0.231 e. The molecule has 2 aliphatic heterocycles. The van der Waals surface area contributed by atoms with Crippen molar-refractivity contribution in [2.24, 2.45) is 0 Å². The number of hydrogen-bond acceptors (Lipinski definition) is 9. The van der Waals surface area contributed by atoms with Crippen LogP contribution in [0, 0.1) is 18.3 Å². The van der Waals surface area contributed by atoms with Gasteiger partial charge in [-0.1, -0.05) is 36.0 Å². The largest absolute Gasteiger partial charge is 0.454 e. The zero-order valence-corrected chi connectivity index (χ0v) is 20.8. The molecule has 1 fully saturated rings. The van der Waals surface area contributed by atoms with Gasteiger partial charge in [-0.3, -0.25) is 4.90 Å². The lowest BCUT2D eigenvalue weighted by atomic mass is 10.1. The summed E-state index contributed by atoms with van der Waals surface area (Å²) < 4.78 is 12.0. The van der Waals surface area contributed by atoms with Gasteiger partial charge < -0.3 is 20.1 Å². The SMILES string of the molecule is Cc1ccc2c(c1Nc1c(C#N)cnc3nc(Nc4ccc(CN5CCCCC5)cc4)sc13)OCO2. The van der Waals surface area contributed by atoms with Crippen LogP contribution < -0.4 is 20.1 Å². The summed E-state index contributed by atoms with van der Waals surface area (Å²) in [4.78, 5) is 11.6. The molecule has 182 valence electrons. The molecule has 0 aliphatic carbocycles. The summed E-state index contributed by atoms with van der Waals surface area (Å²) in [6, 6.07) is 14.6. The number of aryl methyl sites for hydroxylation is 1. The molecule has 9 heteroatoms. The quantitative estimate of drug-likeness (QED) is 0.331. The number of hydrogen-bond donors (Lipinski definition) is 2. The Morgan fingerprint density at radius 3 is 2.67 bits per heavy atom. The molecule has 0 radical (unpaired) electrons. The van der Waals surface area contributed by atoms with Crippen LogP contribution in [0.15, 0.2) is 42.6 Å². The predicted molar refractivity (Wildman–Crippen MR) is 142 cm³/mol. The number of likely N-dealkylation sites (tertiary alicyclic amines) is 1. The van der Waals surface area contributed by atoms with Gasteiger partial charge in [0.15, 0.2) is 22.3 Å². The number of anilines is 4. The first-order chi connectivity index (χ1) is 17.7. The van der Waals surface area contributed by atoms with Crippen molar-refractivity contribution in [2.45, 2.75) is 32.7 Å². The molecule has 0 saturated carbocycles. The van der Waals surface area contributed by atoms with E-state index in [0.29, 0.717) is 33.5 Å². The van der Waals surface area contributed by atoms with Gasteiger partial charge >= 0.3 is 0 Å². The lowest BCUT2D eigenvalue weighted by molar-refractivity contribution is 0.174. The van der Waals surface area contributed by atoms with Crippen molar-refractivity contribution < 1.29 is 9.47 Å². The van der Waals surface area contributed by atoms with Crippen LogP contribution in [0.1, 0.15) is 36.0 Å². The van der Waals surface area contributed by atoms with Gasteiger partial charge in [0.25, 0.3) is 0 Å². The molecule has 8 nitrogen and oxygen atoms in total. The molecule has 6 rings (SSSR count). The Morgan fingerprint density at radius 1 is 1.03 bits per heavy atom. The zero-order valence-electron chi connectivity index (χ0n) is 20.0. The monoisotopic (exact) mass is 498 g/mol. The van der Waals surface area contributed by atoms with Crippen molar-refractivity contribution in [2.75, 3.05) is 30.5 Å². The van der Waals surface area contributed by atoms with Crippen LogP contribution in [0.5, 0.6) is 11.5 Å². The number of piperidine rings is 1. The summed E-state index contributed by atoms with van der Waals surface area (Å²) >= 11 is 1.46. The first kappa shape index (κ1) is 22.6. The van der Waals surface area contributed by atoms with E-state index in [-0.39, 0.29) is 6.79 Å². The lowest BCUT2D eigenvalue weighted by Crippen LogP contribution is -2.28. The Labute approximate surface area is 213 Å². The molecule has 2 aromatic heterocycles. The van der Waals surface area contributed by atoms with Gasteiger partial charge in [-0.05, 0) is 62.2 Å². The van der Waals surface area contributed by atoms with E-state index in [4.69, 9.17) is 9.47 Å². The molecule has 0 atom stereocenters. The second kappa shape index (κ2) is 9.64. The minimum Gasteiger partial charge on any atom is -0.454 e. The van der Waals surface area contributed by atoms with Crippen molar-refractivity contribution >= 4 is 43.9 Å². The molecule has 2 aromatic carbocycles. The molecule has 2 aliphatic rings. The van der Waals surface area contributed by atoms with E-state index in [1.807, 2.05) is 19.1 Å². The normalized spacial score (nSPS) is 15.1. The minimum absolute atomic E-state index is 0.176. The van der Waals surface area contributed by atoms with E-state index < -0.39 is 0 Å². The number of rotatable bonds is 6. The summed E-state index contributed by atoms with van der Waals surface area (Å²) in [6.07, 6.45) is 5.49. The van der Waals surface area contributed by atoms with Gasteiger partial charge in [-0.25, -0.2) is 4.98 Å². The van der Waals surface area contributed by atoms with Crippen LogP contribution in [0.25, 0.3) is 10.3 Å². The van der Waals surface area contributed by atoms with Crippen LogP contribution in [-0.4, -0.2) is 34.8 Å². The average molecular weight is 499 g/mol. The maximum Gasteiger partial charge on any atom is 0.231 e.